The second kappa shape index (κ2) is 10.0. The van der Waals surface area contributed by atoms with E-state index in [9.17, 15) is 24.8 Å². The molecule has 0 saturated carbocycles. The predicted molar refractivity (Wildman–Crippen MR) is 114 cm³/mol. The predicted octanol–water partition coefficient (Wildman–Crippen LogP) is 0.624. The fourth-order valence-electron chi connectivity index (χ4n) is 4.36. The van der Waals surface area contributed by atoms with E-state index in [1.807, 2.05) is 19.9 Å². The van der Waals surface area contributed by atoms with Crippen molar-refractivity contribution in [3.63, 3.8) is 0 Å². The summed E-state index contributed by atoms with van der Waals surface area (Å²) in [5.74, 6) is -0.107. The van der Waals surface area contributed by atoms with Gasteiger partial charge in [0.1, 0.15) is 30.2 Å². The van der Waals surface area contributed by atoms with Crippen LogP contribution in [0, 0.1) is 12.7 Å². The van der Waals surface area contributed by atoms with E-state index in [0.717, 1.165) is 17.7 Å². The molecule has 1 aromatic carbocycles. The molecule has 0 bridgehead atoms. The first kappa shape index (κ1) is 24.1. The first-order chi connectivity index (χ1) is 15.8. The first-order valence-electron chi connectivity index (χ1n) is 11.2. The van der Waals surface area contributed by atoms with E-state index in [0.29, 0.717) is 37.2 Å². The van der Waals surface area contributed by atoms with Crippen LogP contribution in [0.3, 0.4) is 0 Å². The number of aryl methyl sites for hydroxylation is 1. The number of benzene rings is 1. The van der Waals surface area contributed by atoms with Crippen LogP contribution in [-0.2, 0) is 22.3 Å². The first-order valence-corrected chi connectivity index (χ1v) is 11.2. The van der Waals surface area contributed by atoms with Crippen molar-refractivity contribution < 1.29 is 39.0 Å². The summed E-state index contributed by atoms with van der Waals surface area (Å²) in [6, 6.07) is 5.11. The summed E-state index contributed by atoms with van der Waals surface area (Å²) in [5.41, 5.74) is 2.85. The molecule has 3 heterocycles. The molecule has 6 atom stereocenters. The quantitative estimate of drug-likeness (QED) is 0.468. The maximum Gasteiger partial charge on any atom is 0.239 e. The molecule has 2 fully saturated rings. The fourth-order valence-corrected chi connectivity index (χ4v) is 4.36. The van der Waals surface area contributed by atoms with E-state index in [1.165, 1.54) is 6.07 Å². The van der Waals surface area contributed by atoms with E-state index in [4.69, 9.17) is 14.2 Å². The van der Waals surface area contributed by atoms with Crippen LogP contribution in [0.2, 0.25) is 0 Å². The van der Waals surface area contributed by atoms with Crippen LogP contribution >= 0.6 is 0 Å². The van der Waals surface area contributed by atoms with E-state index in [2.05, 4.69) is 5.10 Å². The third kappa shape index (κ3) is 4.77. The van der Waals surface area contributed by atoms with Crippen LogP contribution in [0.4, 0.5) is 4.39 Å². The van der Waals surface area contributed by atoms with Crippen LogP contribution in [0.5, 0.6) is 5.88 Å². The zero-order valence-corrected chi connectivity index (χ0v) is 18.7. The van der Waals surface area contributed by atoms with Gasteiger partial charge in [-0.3, -0.25) is 4.68 Å². The molecule has 2 unspecified atom stereocenters. The molecule has 0 spiro atoms. The average molecular weight is 467 g/mol. The summed E-state index contributed by atoms with van der Waals surface area (Å²) in [6.45, 7) is 4.33. The van der Waals surface area contributed by atoms with Crippen LogP contribution in [0.1, 0.15) is 41.8 Å². The minimum Gasteiger partial charge on any atom is -0.443 e. The second-order valence-electron chi connectivity index (χ2n) is 8.60. The highest BCUT2D eigenvalue weighted by molar-refractivity contribution is 5.38. The van der Waals surface area contributed by atoms with Gasteiger partial charge in [0.15, 0.2) is 0 Å². The molecule has 0 radical (unpaired) electrons. The Morgan fingerprint density at radius 3 is 2.64 bits per heavy atom. The van der Waals surface area contributed by atoms with Crippen molar-refractivity contribution in [2.45, 2.75) is 69.9 Å². The number of halogens is 1. The lowest BCUT2D eigenvalue weighted by atomic mass is 9.99. The highest BCUT2D eigenvalue weighted by Gasteiger charge is 2.45. The van der Waals surface area contributed by atoms with E-state index < -0.39 is 37.3 Å². The molecule has 2 aliphatic heterocycles. The number of aromatic nitrogens is 2. The Morgan fingerprint density at radius 1 is 1.21 bits per heavy atom. The Bertz CT molecular complexity index is 961. The molecule has 2 saturated heterocycles. The Balaban J connectivity index is 1.66. The summed E-state index contributed by atoms with van der Waals surface area (Å²) in [7, 11) is 0. The molecular formula is C23H31FN2O7. The standard InChI is InChI=1S/C23H31FN2O7/c1-3-14-5-4-13(9-17(14)24)8-16-12(2)26(15-6-7-31-11-15)25-22(16)33-23-21(30)20(29)19(28)18(10-27)32-23/h4-5,9,15,18-21,23,27-30H,3,6-8,10-11H2,1-2H3/t15?,18-,19-,20?,21-,23+/m1/s1. The molecule has 10 heteroatoms. The number of aliphatic hydroxyl groups excluding tert-OH is 4. The lowest BCUT2D eigenvalue weighted by Gasteiger charge is -2.39. The van der Waals surface area contributed by atoms with E-state index >= 15 is 0 Å². The van der Waals surface area contributed by atoms with Gasteiger partial charge < -0.3 is 34.6 Å². The molecule has 4 N–H and O–H groups in total. The highest BCUT2D eigenvalue weighted by atomic mass is 19.1. The number of rotatable bonds is 7. The molecule has 4 rings (SSSR count). The number of ether oxygens (including phenoxy) is 3. The molecule has 2 aromatic rings. The van der Waals surface area contributed by atoms with Gasteiger partial charge in [-0.1, -0.05) is 19.1 Å². The van der Waals surface area contributed by atoms with Crippen molar-refractivity contribution in [2.24, 2.45) is 0 Å². The van der Waals surface area contributed by atoms with Gasteiger partial charge in [0, 0.05) is 24.3 Å². The second-order valence-corrected chi connectivity index (χ2v) is 8.60. The molecule has 2 aliphatic rings. The molecular weight excluding hydrogens is 435 g/mol. The van der Waals surface area contributed by atoms with Crippen molar-refractivity contribution in [3.05, 3.63) is 46.4 Å². The monoisotopic (exact) mass is 466 g/mol. The summed E-state index contributed by atoms with van der Waals surface area (Å²) in [6.07, 6.45) is -5.37. The van der Waals surface area contributed by atoms with Gasteiger partial charge in [0.05, 0.1) is 19.3 Å². The Labute approximate surface area is 191 Å². The molecule has 1 aromatic heterocycles. The molecule has 0 amide bonds. The maximum absolute atomic E-state index is 14.4. The SMILES string of the molecule is CCc1ccc(Cc2c(O[C@@H]3O[C@H](CO)[C@@H](O)C(O)[C@H]3O)nn(C3CCOC3)c2C)cc1F. The minimum absolute atomic E-state index is 0.00936. The van der Waals surface area contributed by atoms with Crippen LogP contribution in [0.25, 0.3) is 0 Å². The van der Waals surface area contributed by atoms with Crippen LogP contribution in [-0.4, -0.2) is 80.7 Å². The van der Waals surface area contributed by atoms with Gasteiger partial charge in [-0.2, -0.15) is 0 Å². The van der Waals surface area contributed by atoms with E-state index in [1.54, 1.807) is 10.7 Å². The molecule has 0 aliphatic carbocycles. The van der Waals surface area contributed by atoms with Crippen LogP contribution in [0.15, 0.2) is 18.2 Å². The van der Waals surface area contributed by atoms with Gasteiger partial charge in [-0.15, -0.1) is 5.10 Å². The number of hydrogen-bond donors (Lipinski definition) is 4. The van der Waals surface area contributed by atoms with Crippen molar-refractivity contribution in [3.8, 4) is 5.88 Å². The Kier molecular flexibility index (Phi) is 7.32. The number of aliphatic hydroxyl groups is 4. The zero-order valence-electron chi connectivity index (χ0n) is 18.7. The largest absolute Gasteiger partial charge is 0.443 e. The molecule has 9 nitrogen and oxygen atoms in total. The molecule has 182 valence electrons. The lowest BCUT2D eigenvalue weighted by molar-refractivity contribution is -0.278. The van der Waals surface area contributed by atoms with Gasteiger partial charge in [0.25, 0.3) is 0 Å². The van der Waals surface area contributed by atoms with E-state index in [-0.39, 0.29) is 17.7 Å². The minimum atomic E-state index is -1.56. The van der Waals surface area contributed by atoms with Crippen LogP contribution < -0.4 is 4.74 Å². The van der Waals surface area contributed by atoms with Crippen molar-refractivity contribution in [1.82, 2.24) is 9.78 Å². The maximum atomic E-state index is 14.4. The van der Waals surface area contributed by atoms with Gasteiger partial charge in [-0.05, 0) is 37.0 Å². The highest BCUT2D eigenvalue weighted by Crippen LogP contribution is 2.32. The Hall–Kier alpha value is -2.08. The smallest absolute Gasteiger partial charge is 0.239 e. The third-order valence-corrected chi connectivity index (χ3v) is 6.44. The molecule has 33 heavy (non-hydrogen) atoms. The summed E-state index contributed by atoms with van der Waals surface area (Å²) in [4.78, 5) is 0. The average Bonchev–Trinajstić information content (AvgIpc) is 3.43. The summed E-state index contributed by atoms with van der Waals surface area (Å²) < 4.78 is 33.1. The van der Waals surface area contributed by atoms with Crippen molar-refractivity contribution in [1.29, 1.82) is 0 Å². The third-order valence-electron chi connectivity index (χ3n) is 6.44. The summed E-state index contributed by atoms with van der Waals surface area (Å²) >= 11 is 0. The Morgan fingerprint density at radius 2 is 2.00 bits per heavy atom. The van der Waals surface area contributed by atoms with Gasteiger partial charge in [-0.25, -0.2) is 4.39 Å². The fraction of sp³-hybridized carbons (Fsp3) is 0.609. The van der Waals surface area contributed by atoms with Gasteiger partial charge >= 0.3 is 0 Å². The van der Waals surface area contributed by atoms with Gasteiger partial charge in [0.2, 0.25) is 12.2 Å². The van der Waals surface area contributed by atoms with Crippen molar-refractivity contribution >= 4 is 0 Å². The lowest BCUT2D eigenvalue weighted by Crippen LogP contribution is -2.60. The zero-order chi connectivity index (χ0) is 23.7. The normalized spacial score (nSPS) is 30.0. The topological polar surface area (TPSA) is 126 Å². The number of nitrogens with zero attached hydrogens (tertiary/aromatic N) is 2. The number of hydrogen-bond acceptors (Lipinski definition) is 8. The summed E-state index contributed by atoms with van der Waals surface area (Å²) in [5, 5.41) is 44.6. The van der Waals surface area contributed by atoms with Crippen molar-refractivity contribution in [2.75, 3.05) is 19.8 Å².